The van der Waals surface area contributed by atoms with Gasteiger partial charge in [-0.25, -0.2) is 9.37 Å². The molecule has 0 amide bonds. The van der Waals surface area contributed by atoms with Crippen LogP contribution in [-0.4, -0.2) is 9.97 Å². The molecule has 0 radical (unpaired) electrons. The molecule has 0 aliphatic heterocycles. The number of hydrogen-bond donors (Lipinski definition) is 2. The molecule has 0 fully saturated rings. The summed E-state index contributed by atoms with van der Waals surface area (Å²) in [5.74, 6) is -0.350. The summed E-state index contributed by atoms with van der Waals surface area (Å²) >= 11 is 6.62. The van der Waals surface area contributed by atoms with Crippen LogP contribution >= 0.6 is 23.6 Å². The normalized spacial score (nSPS) is 13.8. The number of aryl methyl sites for hydroxylation is 2. The van der Waals surface area contributed by atoms with Gasteiger partial charge in [0.05, 0.1) is 11.4 Å². The maximum absolute atomic E-state index is 13.3. The smallest absolute Gasteiger partial charge is 0.187 e. The van der Waals surface area contributed by atoms with Gasteiger partial charge in [0.25, 0.3) is 0 Å². The summed E-state index contributed by atoms with van der Waals surface area (Å²) < 4.78 is 13.3. The summed E-state index contributed by atoms with van der Waals surface area (Å²) in [6.07, 6.45) is 4.56. The number of nitrogens with one attached hydrogen (secondary N) is 1. The molecule has 3 nitrogen and oxygen atoms in total. The number of anilines is 2. The molecule has 0 spiro atoms. The number of thiazole rings is 1. The Bertz CT molecular complexity index is 643. The van der Waals surface area contributed by atoms with Crippen LogP contribution in [0.25, 0.3) is 0 Å². The lowest BCUT2D eigenvalue weighted by Crippen LogP contribution is -2.12. The van der Waals surface area contributed by atoms with E-state index in [1.54, 1.807) is 17.4 Å². The highest BCUT2D eigenvalue weighted by Crippen LogP contribution is 2.32. The van der Waals surface area contributed by atoms with Gasteiger partial charge >= 0.3 is 0 Å². The molecule has 0 atom stereocenters. The lowest BCUT2D eigenvalue weighted by Gasteiger charge is -2.08. The predicted molar refractivity (Wildman–Crippen MR) is 84.3 cm³/mol. The molecule has 1 aliphatic rings. The molecule has 3 rings (SSSR count). The fraction of sp³-hybridized carbons (Fsp3) is 0.286. The molecule has 1 aliphatic carbocycles. The van der Waals surface area contributed by atoms with Gasteiger partial charge in [-0.15, -0.1) is 11.3 Å². The first kappa shape index (κ1) is 13.5. The molecule has 0 saturated carbocycles. The minimum atomic E-state index is -0.350. The van der Waals surface area contributed by atoms with E-state index in [4.69, 9.17) is 18.0 Å². The number of thiocarbonyl (C=S) groups is 1. The SMILES string of the molecule is NC(=S)c1cc(F)ccc1Nc1nc2c(s1)CCCC2. The van der Waals surface area contributed by atoms with Gasteiger partial charge in [-0.2, -0.15) is 0 Å². The van der Waals surface area contributed by atoms with E-state index < -0.39 is 0 Å². The Morgan fingerprint density at radius 2 is 2.15 bits per heavy atom. The Kier molecular flexibility index (Phi) is 3.67. The zero-order chi connectivity index (χ0) is 14.1. The third-order valence-electron chi connectivity index (χ3n) is 3.33. The van der Waals surface area contributed by atoms with Gasteiger partial charge < -0.3 is 11.1 Å². The van der Waals surface area contributed by atoms with Crippen molar-refractivity contribution >= 4 is 39.4 Å². The quantitative estimate of drug-likeness (QED) is 0.852. The lowest BCUT2D eigenvalue weighted by atomic mass is 10.0. The van der Waals surface area contributed by atoms with Gasteiger partial charge in [0.15, 0.2) is 5.13 Å². The lowest BCUT2D eigenvalue weighted by molar-refractivity contribution is 0.628. The molecular formula is C14H14FN3S2. The van der Waals surface area contributed by atoms with Crippen molar-refractivity contribution < 1.29 is 4.39 Å². The molecular weight excluding hydrogens is 293 g/mol. The zero-order valence-corrected chi connectivity index (χ0v) is 12.4. The van der Waals surface area contributed by atoms with Gasteiger partial charge in [-0.1, -0.05) is 12.2 Å². The first-order valence-corrected chi connectivity index (χ1v) is 7.71. The maximum atomic E-state index is 13.3. The third-order valence-corrected chi connectivity index (χ3v) is 4.63. The molecule has 2 aromatic rings. The van der Waals surface area contributed by atoms with Gasteiger partial charge in [-0.3, -0.25) is 0 Å². The Balaban J connectivity index is 1.91. The number of nitrogens with zero attached hydrogens (tertiary/aromatic N) is 1. The number of rotatable bonds is 3. The van der Waals surface area contributed by atoms with Crippen LogP contribution in [0.1, 0.15) is 29.0 Å². The largest absolute Gasteiger partial charge is 0.389 e. The average Bonchev–Trinajstić information content (AvgIpc) is 2.82. The van der Waals surface area contributed by atoms with Crippen molar-refractivity contribution in [3.8, 4) is 0 Å². The minimum Gasteiger partial charge on any atom is -0.389 e. The average molecular weight is 307 g/mol. The van der Waals surface area contributed by atoms with Gasteiger partial charge in [0.1, 0.15) is 10.8 Å². The van der Waals surface area contributed by atoms with E-state index in [9.17, 15) is 4.39 Å². The molecule has 6 heteroatoms. The third kappa shape index (κ3) is 2.66. The van der Waals surface area contributed by atoms with Crippen LogP contribution in [0.3, 0.4) is 0 Å². The highest BCUT2D eigenvalue weighted by atomic mass is 32.1. The Morgan fingerprint density at radius 3 is 2.90 bits per heavy atom. The first-order chi connectivity index (χ1) is 9.63. The molecule has 1 heterocycles. The standard InChI is InChI=1S/C14H14FN3S2/c15-8-5-6-10(9(7-8)13(16)19)17-14-18-11-3-1-2-4-12(11)20-14/h5-7H,1-4H2,(H2,16,19)(H,17,18). The summed E-state index contributed by atoms with van der Waals surface area (Å²) in [6.45, 7) is 0. The fourth-order valence-electron chi connectivity index (χ4n) is 2.35. The van der Waals surface area contributed by atoms with Crippen LogP contribution < -0.4 is 11.1 Å². The van der Waals surface area contributed by atoms with Crippen LogP contribution in [0.5, 0.6) is 0 Å². The topological polar surface area (TPSA) is 50.9 Å². The van der Waals surface area contributed by atoms with E-state index in [0.717, 1.165) is 18.0 Å². The molecule has 3 N–H and O–H groups in total. The summed E-state index contributed by atoms with van der Waals surface area (Å²) in [4.78, 5) is 6.12. The van der Waals surface area contributed by atoms with Crippen molar-refractivity contribution in [3.05, 3.63) is 40.2 Å². The number of hydrogen-bond acceptors (Lipinski definition) is 4. The molecule has 1 aromatic carbocycles. The monoisotopic (exact) mass is 307 g/mol. The number of nitrogens with two attached hydrogens (primary N) is 1. The molecule has 0 saturated heterocycles. The summed E-state index contributed by atoms with van der Waals surface area (Å²) in [6, 6.07) is 4.38. The van der Waals surface area contributed by atoms with Crippen molar-refractivity contribution in [1.82, 2.24) is 4.98 Å². The van der Waals surface area contributed by atoms with Crippen molar-refractivity contribution in [2.75, 3.05) is 5.32 Å². The van der Waals surface area contributed by atoms with E-state index in [-0.39, 0.29) is 10.8 Å². The number of fused-ring (bicyclic) bond motifs is 1. The summed E-state index contributed by atoms with van der Waals surface area (Å²) in [5, 5.41) is 4.03. The predicted octanol–water partition coefficient (Wildman–Crippen LogP) is 3.54. The summed E-state index contributed by atoms with van der Waals surface area (Å²) in [5.41, 5.74) is 8.03. The van der Waals surface area contributed by atoms with Gasteiger partial charge in [0, 0.05) is 10.4 Å². The molecule has 104 valence electrons. The second kappa shape index (κ2) is 5.46. The molecule has 0 unspecified atom stereocenters. The van der Waals surface area contributed by atoms with E-state index in [1.165, 1.54) is 35.5 Å². The molecule has 1 aromatic heterocycles. The maximum Gasteiger partial charge on any atom is 0.187 e. The van der Waals surface area contributed by atoms with Gasteiger partial charge in [-0.05, 0) is 43.9 Å². The number of aromatic nitrogens is 1. The van der Waals surface area contributed by atoms with Gasteiger partial charge in [0.2, 0.25) is 0 Å². The first-order valence-electron chi connectivity index (χ1n) is 6.48. The zero-order valence-electron chi connectivity index (χ0n) is 10.8. The molecule has 0 bridgehead atoms. The van der Waals surface area contributed by atoms with E-state index in [1.807, 2.05) is 0 Å². The van der Waals surface area contributed by atoms with Crippen LogP contribution in [-0.2, 0) is 12.8 Å². The Hall–Kier alpha value is -1.53. The number of benzene rings is 1. The van der Waals surface area contributed by atoms with Crippen LogP contribution in [0.4, 0.5) is 15.2 Å². The minimum absolute atomic E-state index is 0.174. The van der Waals surface area contributed by atoms with Crippen molar-refractivity contribution in [2.45, 2.75) is 25.7 Å². The van der Waals surface area contributed by atoms with Crippen LogP contribution in [0.2, 0.25) is 0 Å². The second-order valence-electron chi connectivity index (χ2n) is 4.78. The molecule has 20 heavy (non-hydrogen) atoms. The van der Waals surface area contributed by atoms with Crippen molar-refractivity contribution in [1.29, 1.82) is 0 Å². The fourth-order valence-corrected chi connectivity index (χ4v) is 3.58. The Morgan fingerprint density at radius 1 is 1.35 bits per heavy atom. The summed E-state index contributed by atoms with van der Waals surface area (Å²) in [7, 11) is 0. The van der Waals surface area contributed by atoms with Crippen LogP contribution in [0.15, 0.2) is 18.2 Å². The second-order valence-corrected chi connectivity index (χ2v) is 6.30. The van der Waals surface area contributed by atoms with Crippen molar-refractivity contribution in [3.63, 3.8) is 0 Å². The van der Waals surface area contributed by atoms with E-state index in [0.29, 0.717) is 11.3 Å². The van der Waals surface area contributed by atoms with Crippen molar-refractivity contribution in [2.24, 2.45) is 5.73 Å². The highest BCUT2D eigenvalue weighted by Gasteiger charge is 2.16. The highest BCUT2D eigenvalue weighted by molar-refractivity contribution is 7.80. The van der Waals surface area contributed by atoms with E-state index in [2.05, 4.69) is 10.3 Å². The van der Waals surface area contributed by atoms with E-state index >= 15 is 0 Å². The Labute approximate surface area is 126 Å². The number of halogens is 1. The van der Waals surface area contributed by atoms with Crippen LogP contribution in [0, 0.1) is 5.82 Å².